The van der Waals surface area contributed by atoms with E-state index in [9.17, 15) is 9.90 Å². The summed E-state index contributed by atoms with van der Waals surface area (Å²) < 4.78 is 1.73. The number of carbonyl (C=O) groups is 1. The van der Waals surface area contributed by atoms with Gasteiger partial charge in [-0.1, -0.05) is 29.8 Å². The van der Waals surface area contributed by atoms with Gasteiger partial charge in [0.1, 0.15) is 11.6 Å². The second kappa shape index (κ2) is 6.70. The van der Waals surface area contributed by atoms with Gasteiger partial charge in [-0.05, 0) is 42.8 Å². The average molecular weight is 386 g/mol. The number of aryl methyl sites for hydroxylation is 1. The van der Waals surface area contributed by atoms with Crippen molar-refractivity contribution in [1.82, 2.24) is 9.78 Å². The summed E-state index contributed by atoms with van der Waals surface area (Å²) in [6, 6.07) is 14.4. The van der Waals surface area contributed by atoms with Crippen molar-refractivity contribution in [2.45, 2.75) is 12.2 Å². The molecule has 3 aromatic rings. The van der Waals surface area contributed by atoms with Crippen LogP contribution in [0.2, 0.25) is 5.02 Å². The summed E-state index contributed by atoms with van der Waals surface area (Å²) in [6.45, 7) is 1.94. The lowest BCUT2D eigenvalue weighted by Gasteiger charge is -2.15. The first kappa shape index (κ1) is 17.0. The molecule has 2 heterocycles. The number of nitrogens with one attached hydrogen (secondary N) is 1. The van der Waals surface area contributed by atoms with Crippen LogP contribution in [0.1, 0.15) is 22.1 Å². The minimum absolute atomic E-state index is 0.0579. The predicted octanol–water partition coefficient (Wildman–Crippen LogP) is 4.31. The number of halogens is 1. The Kier molecular flexibility index (Phi) is 4.38. The van der Waals surface area contributed by atoms with Gasteiger partial charge in [-0.25, -0.2) is 4.68 Å². The number of phenolic OH excluding ortho intramolecular Hbond substituents is 1. The second-order valence-corrected chi connectivity index (χ2v) is 7.60. The topological polar surface area (TPSA) is 67.1 Å². The number of hydrogen-bond donors (Lipinski definition) is 2. The summed E-state index contributed by atoms with van der Waals surface area (Å²) >= 11 is 7.68. The van der Waals surface area contributed by atoms with Crippen molar-refractivity contribution in [3.8, 4) is 11.4 Å². The molecule has 2 aromatic carbocycles. The smallest absolute Gasteiger partial charge is 0.235 e. The molecule has 1 unspecified atom stereocenters. The molecule has 1 aliphatic heterocycles. The number of aromatic nitrogens is 2. The number of thioether (sulfide) groups is 1. The first-order chi connectivity index (χ1) is 12.5. The number of nitrogens with zero attached hydrogens (tertiary/aromatic N) is 2. The van der Waals surface area contributed by atoms with Crippen LogP contribution in [0.5, 0.6) is 5.75 Å². The van der Waals surface area contributed by atoms with Crippen molar-refractivity contribution in [2.75, 3.05) is 11.1 Å². The highest BCUT2D eigenvalue weighted by atomic mass is 35.5. The van der Waals surface area contributed by atoms with Crippen molar-refractivity contribution in [2.24, 2.45) is 0 Å². The maximum atomic E-state index is 12.3. The number of aromatic hydroxyl groups is 1. The number of rotatable bonds is 2. The zero-order valence-corrected chi connectivity index (χ0v) is 15.5. The first-order valence-electron chi connectivity index (χ1n) is 8.09. The van der Waals surface area contributed by atoms with Gasteiger partial charge in [0.2, 0.25) is 5.91 Å². The number of amides is 1. The van der Waals surface area contributed by atoms with Gasteiger partial charge >= 0.3 is 0 Å². The Hall–Kier alpha value is -2.44. The summed E-state index contributed by atoms with van der Waals surface area (Å²) in [5.41, 5.74) is 3.61. The highest BCUT2D eigenvalue weighted by molar-refractivity contribution is 8.00. The number of phenols is 1. The molecule has 0 fully saturated rings. The molecule has 132 valence electrons. The van der Waals surface area contributed by atoms with Gasteiger partial charge in [0, 0.05) is 10.6 Å². The lowest BCUT2D eigenvalue weighted by Crippen LogP contribution is -2.15. The third kappa shape index (κ3) is 3.06. The van der Waals surface area contributed by atoms with Gasteiger partial charge in [-0.3, -0.25) is 4.79 Å². The third-order valence-electron chi connectivity index (χ3n) is 4.26. The summed E-state index contributed by atoms with van der Waals surface area (Å²) in [6.07, 6.45) is 0. The fraction of sp³-hybridized carbons (Fsp3) is 0.158. The van der Waals surface area contributed by atoms with E-state index in [2.05, 4.69) is 10.4 Å². The SMILES string of the molecule is Cc1nn(-c2cccc(Cl)c2)c2c1C(c1ccc(O)cc1)SCC(=O)N2. The van der Waals surface area contributed by atoms with E-state index in [1.54, 1.807) is 34.6 Å². The fourth-order valence-corrected chi connectivity index (χ4v) is 4.46. The quantitative estimate of drug-likeness (QED) is 0.689. The molecule has 4 rings (SSSR count). The Bertz CT molecular complexity index is 985. The molecule has 1 aromatic heterocycles. The van der Waals surface area contributed by atoms with E-state index in [1.165, 1.54) is 0 Å². The molecule has 0 spiro atoms. The molecule has 0 aliphatic carbocycles. The van der Waals surface area contributed by atoms with Gasteiger partial charge in [-0.15, -0.1) is 11.8 Å². The van der Waals surface area contributed by atoms with Crippen LogP contribution in [0.15, 0.2) is 48.5 Å². The van der Waals surface area contributed by atoms with Gasteiger partial charge in [0.05, 0.1) is 22.4 Å². The number of hydrogen-bond acceptors (Lipinski definition) is 4. The minimum Gasteiger partial charge on any atom is -0.508 e. The second-order valence-electron chi connectivity index (χ2n) is 6.07. The fourth-order valence-electron chi connectivity index (χ4n) is 3.09. The molecule has 2 N–H and O–H groups in total. The van der Waals surface area contributed by atoms with Crippen LogP contribution in [-0.4, -0.2) is 26.5 Å². The van der Waals surface area contributed by atoms with E-state index < -0.39 is 0 Å². The lowest BCUT2D eigenvalue weighted by molar-refractivity contribution is -0.113. The normalized spacial score (nSPS) is 16.7. The van der Waals surface area contributed by atoms with Crippen molar-refractivity contribution < 1.29 is 9.90 Å². The van der Waals surface area contributed by atoms with Gasteiger partial charge in [-0.2, -0.15) is 5.10 Å². The molecule has 5 nitrogen and oxygen atoms in total. The third-order valence-corrected chi connectivity index (χ3v) is 5.76. The van der Waals surface area contributed by atoms with Gasteiger partial charge < -0.3 is 10.4 Å². The summed E-state index contributed by atoms with van der Waals surface area (Å²) in [5.74, 6) is 1.15. The molecular weight excluding hydrogens is 370 g/mol. The lowest BCUT2D eigenvalue weighted by atomic mass is 10.0. The van der Waals surface area contributed by atoms with Crippen LogP contribution in [0.25, 0.3) is 5.69 Å². The summed E-state index contributed by atoms with van der Waals surface area (Å²) in [4.78, 5) is 12.3. The van der Waals surface area contributed by atoms with Crippen LogP contribution in [0.4, 0.5) is 5.82 Å². The number of anilines is 1. The largest absolute Gasteiger partial charge is 0.508 e. The Morgan fingerprint density at radius 3 is 2.77 bits per heavy atom. The van der Waals surface area contributed by atoms with E-state index in [0.29, 0.717) is 16.6 Å². The van der Waals surface area contributed by atoms with Crippen molar-refractivity contribution >= 4 is 35.1 Å². The van der Waals surface area contributed by atoms with Crippen LogP contribution < -0.4 is 5.32 Å². The van der Waals surface area contributed by atoms with Crippen molar-refractivity contribution in [1.29, 1.82) is 0 Å². The molecule has 0 bridgehead atoms. The summed E-state index contributed by atoms with van der Waals surface area (Å²) in [5, 5.41) is 17.8. The zero-order chi connectivity index (χ0) is 18.3. The average Bonchev–Trinajstić information content (AvgIpc) is 2.82. The molecule has 1 atom stereocenters. The molecule has 1 amide bonds. The minimum atomic E-state index is -0.0688. The highest BCUT2D eigenvalue weighted by Gasteiger charge is 2.30. The maximum Gasteiger partial charge on any atom is 0.235 e. The number of benzene rings is 2. The maximum absolute atomic E-state index is 12.3. The number of carbonyl (C=O) groups excluding carboxylic acids is 1. The zero-order valence-electron chi connectivity index (χ0n) is 13.9. The molecule has 1 aliphatic rings. The predicted molar refractivity (Wildman–Crippen MR) is 104 cm³/mol. The van der Waals surface area contributed by atoms with Crippen LogP contribution in [0.3, 0.4) is 0 Å². The number of fused-ring (bicyclic) bond motifs is 1. The molecule has 0 radical (unpaired) electrons. The van der Waals surface area contributed by atoms with Crippen LogP contribution in [0, 0.1) is 6.92 Å². The molecule has 7 heteroatoms. The Balaban J connectivity index is 1.89. The standard InChI is InChI=1S/C19H16ClN3O2S/c1-11-17-18(12-5-7-15(24)8-6-12)26-10-16(25)21-19(17)23(22-11)14-4-2-3-13(20)9-14/h2-9,18,24H,10H2,1H3,(H,21,25). The highest BCUT2D eigenvalue weighted by Crippen LogP contribution is 2.44. The summed E-state index contributed by atoms with van der Waals surface area (Å²) in [7, 11) is 0. The van der Waals surface area contributed by atoms with Crippen molar-refractivity contribution in [3.05, 3.63) is 70.4 Å². The van der Waals surface area contributed by atoms with E-state index in [1.807, 2.05) is 37.3 Å². The molecular formula is C19H16ClN3O2S. The van der Waals surface area contributed by atoms with Crippen molar-refractivity contribution in [3.63, 3.8) is 0 Å². The van der Waals surface area contributed by atoms with E-state index >= 15 is 0 Å². The molecule has 0 saturated heterocycles. The van der Waals surface area contributed by atoms with Gasteiger partial charge in [0.25, 0.3) is 0 Å². The monoisotopic (exact) mass is 385 g/mol. The Morgan fingerprint density at radius 1 is 1.27 bits per heavy atom. The Morgan fingerprint density at radius 2 is 2.04 bits per heavy atom. The van der Waals surface area contributed by atoms with Crippen LogP contribution >= 0.6 is 23.4 Å². The Labute approximate surface area is 160 Å². The first-order valence-corrected chi connectivity index (χ1v) is 9.51. The van der Waals surface area contributed by atoms with E-state index in [0.717, 1.165) is 22.5 Å². The van der Waals surface area contributed by atoms with Gasteiger partial charge in [0.15, 0.2) is 0 Å². The van der Waals surface area contributed by atoms with Crippen LogP contribution in [-0.2, 0) is 4.79 Å². The van der Waals surface area contributed by atoms with E-state index in [-0.39, 0.29) is 16.9 Å². The van der Waals surface area contributed by atoms with E-state index in [4.69, 9.17) is 11.6 Å². The molecule has 0 saturated carbocycles. The molecule has 26 heavy (non-hydrogen) atoms.